The fourth-order valence-corrected chi connectivity index (χ4v) is 3.32. The lowest BCUT2D eigenvalue weighted by Crippen LogP contribution is -2.45. The number of methoxy groups -OCH3 is 1. The number of pyridine rings is 1. The normalized spacial score (nSPS) is 16.7. The molecule has 3 rings (SSSR count). The van der Waals surface area contributed by atoms with Crippen LogP contribution in [0.4, 0.5) is 0 Å². The van der Waals surface area contributed by atoms with Crippen molar-refractivity contribution in [1.82, 2.24) is 15.2 Å². The summed E-state index contributed by atoms with van der Waals surface area (Å²) < 4.78 is 5.17. The monoisotopic (exact) mass is 371 g/mol. The minimum atomic E-state index is -0.818. The van der Waals surface area contributed by atoms with E-state index in [-0.39, 0.29) is 11.5 Å². The minimum absolute atomic E-state index is 0.210. The van der Waals surface area contributed by atoms with Gasteiger partial charge in [0.05, 0.1) is 18.3 Å². The number of ether oxygens (including phenoxy) is 1. The van der Waals surface area contributed by atoms with E-state index in [0.717, 1.165) is 24.4 Å². The molecule has 7 nitrogen and oxygen atoms in total. The molecule has 27 heavy (non-hydrogen) atoms. The van der Waals surface area contributed by atoms with Gasteiger partial charge in [-0.1, -0.05) is 12.1 Å². The van der Waals surface area contributed by atoms with Gasteiger partial charge in [-0.25, -0.2) is 0 Å². The van der Waals surface area contributed by atoms with E-state index in [0.29, 0.717) is 31.5 Å². The van der Waals surface area contributed by atoms with Gasteiger partial charge in [-0.3, -0.25) is 9.59 Å². The summed E-state index contributed by atoms with van der Waals surface area (Å²) in [6, 6.07) is 10.4. The van der Waals surface area contributed by atoms with Gasteiger partial charge in [-0.15, -0.1) is 0 Å². The second kappa shape index (κ2) is 8.37. The van der Waals surface area contributed by atoms with Gasteiger partial charge >= 0.3 is 0 Å². The van der Waals surface area contributed by atoms with Crippen LogP contribution in [0.2, 0.25) is 0 Å². The van der Waals surface area contributed by atoms with Crippen molar-refractivity contribution in [3.8, 4) is 5.75 Å². The Kier molecular flexibility index (Phi) is 5.93. The number of nitrogens with zero attached hydrogens (tertiary/aromatic N) is 1. The third kappa shape index (κ3) is 4.75. The number of aromatic nitrogens is 1. The molecular weight excluding hydrogens is 346 g/mol. The molecule has 3 N–H and O–H groups in total. The Morgan fingerprint density at radius 2 is 1.93 bits per heavy atom. The number of H-pyrrole nitrogens is 1. The van der Waals surface area contributed by atoms with Gasteiger partial charge in [0.1, 0.15) is 5.75 Å². The quantitative estimate of drug-likeness (QED) is 0.707. The number of hydrogen-bond donors (Lipinski definition) is 3. The van der Waals surface area contributed by atoms with Gasteiger partial charge in [-0.2, -0.15) is 0 Å². The lowest BCUT2D eigenvalue weighted by molar-refractivity contribution is -0.0255. The van der Waals surface area contributed by atoms with E-state index in [1.54, 1.807) is 7.11 Å². The highest BCUT2D eigenvalue weighted by Gasteiger charge is 2.33. The number of piperidine rings is 1. The van der Waals surface area contributed by atoms with Crippen LogP contribution in [0.15, 0.2) is 47.4 Å². The molecule has 0 bridgehead atoms. The van der Waals surface area contributed by atoms with E-state index in [4.69, 9.17) is 4.74 Å². The van der Waals surface area contributed by atoms with Crippen LogP contribution in [-0.4, -0.2) is 54.2 Å². The number of rotatable bonds is 6. The molecular formula is C20H25N3O4. The number of likely N-dealkylation sites (tertiary alicyclic amines) is 1. The van der Waals surface area contributed by atoms with Crippen molar-refractivity contribution in [2.75, 3.05) is 33.3 Å². The van der Waals surface area contributed by atoms with E-state index in [9.17, 15) is 14.7 Å². The molecule has 7 heteroatoms. The highest BCUT2D eigenvalue weighted by Crippen LogP contribution is 2.33. The highest BCUT2D eigenvalue weighted by molar-refractivity contribution is 5.93. The van der Waals surface area contributed by atoms with Crippen LogP contribution in [0.5, 0.6) is 5.75 Å². The Labute approximate surface area is 158 Å². The molecule has 1 aliphatic heterocycles. The largest absolute Gasteiger partial charge is 0.497 e. The van der Waals surface area contributed by atoms with Crippen LogP contribution in [0.3, 0.4) is 0 Å². The maximum absolute atomic E-state index is 12.0. The van der Waals surface area contributed by atoms with Gasteiger partial charge in [0, 0.05) is 38.4 Å². The molecule has 1 aromatic heterocycles. The molecule has 0 saturated carbocycles. The fourth-order valence-electron chi connectivity index (χ4n) is 3.32. The molecule has 0 aliphatic carbocycles. The molecule has 2 aromatic rings. The van der Waals surface area contributed by atoms with Crippen molar-refractivity contribution < 1.29 is 14.6 Å². The average molecular weight is 371 g/mol. The maximum atomic E-state index is 12.0. The first-order chi connectivity index (χ1) is 13.0. The van der Waals surface area contributed by atoms with Gasteiger partial charge in [-0.05, 0) is 36.6 Å². The van der Waals surface area contributed by atoms with E-state index in [2.05, 4.69) is 15.2 Å². The van der Waals surface area contributed by atoms with Gasteiger partial charge in [0.2, 0.25) is 5.56 Å². The van der Waals surface area contributed by atoms with Gasteiger partial charge in [0.25, 0.3) is 5.91 Å². The van der Waals surface area contributed by atoms with Crippen molar-refractivity contribution in [3.63, 3.8) is 0 Å². The molecule has 1 amide bonds. The zero-order valence-electron chi connectivity index (χ0n) is 15.4. The standard InChI is InChI=1S/C20H25N3O4/c1-27-17-5-3-16(4-6-17)20(26)8-11-23(12-9-20)13-10-21-19(25)15-2-7-18(24)22-14-15/h2-7,14,26H,8-13H2,1H3,(H,21,25)(H,22,24). The van der Waals surface area contributed by atoms with Crippen LogP contribution in [0, 0.1) is 0 Å². The summed E-state index contributed by atoms with van der Waals surface area (Å²) in [6.45, 7) is 2.75. The summed E-state index contributed by atoms with van der Waals surface area (Å²) in [5.74, 6) is 0.566. The first-order valence-corrected chi connectivity index (χ1v) is 9.06. The summed E-state index contributed by atoms with van der Waals surface area (Å²) in [6.07, 6.45) is 2.70. The zero-order chi connectivity index (χ0) is 19.3. The smallest absolute Gasteiger partial charge is 0.252 e. The number of nitrogens with one attached hydrogen (secondary N) is 2. The Balaban J connectivity index is 1.45. The SMILES string of the molecule is COc1ccc(C2(O)CCN(CCNC(=O)c3ccc(=O)[nH]c3)CC2)cc1. The Hall–Kier alpha value is -2.64. The summed E-state index contributed by atoms with van der Waals surface area (Å²) >= 11 is 0. The van der Waals surface area contributed by atoms with Crippen molar-refractivity contribution in [2.45, 2.75) is 18.4 Å². The molecule has 1 fully saturated rings. The number of hydrogen-bond acceptors (Lipinski definition) is 5. The average Bonchev–Trinajstić information content (AvgIpc) is 2.70. The van der Waals surface area contributed by atoms with E-state index in [1.165, 1.54) is 18.3 Å². The number of carbonyl (C=O) groups excluding carboxylic acids is 1. The van der Waals surface area contributed by atoms with Crippen molar-refractivity contribution >= 4 is 5.91 Å². The molecule has 0 atom stereocenters. The van der Waals surface area contributed by atoms with E-state index in [1.807, 2.05) is 24.3 Å². The molecule has 1 saturated heterocycles. The summed E-state index contributed by atoms with van der Waals surface area (Å²) in [5, 5.41) is 13.8. The van der Waals surface area contributed by atoms with E-state index < -0.39 is 5.60 Å². The minimum Gasteiger partial charge on any atom is -0.497 e. The summed E-state index contributed by atoms with van der Waals surface area (Å²) in [7, 11) is 1.62. The van der Waals surface area contributed by atoms with Crippen LogP contribution in [0.25, 0.3) is 0 Å². The first-order valence-electron chi connectivity index (χ1n) is 9.06. The Bertz CT molecular complexity index is 803. The molecule has 0 unspecified atom stereocenters. The number of amides is 1. The van der Waals surface area contributed by atoms with Crippen LogP contribution in [-0.2, 0) is 5.60 Å². The second-order valence-corrected chi connectivity index (χ2v) is 6.80. The van der Waals surface area contributed by atoms with Crippen molar-refractivity contribution in [2.24, 2.45) is 0 Å². The lowest BCUT2D eigenvalue weighted by atomic mass is 9.84. The summed E-state index contributed by atoms with van der Waals surface area (Å²) in [4.78, 5) is 27.8. The predicted molar refractivity (Wildman–Crippen MR) is 102 cm³/mol. The lowest BCUT2D eigenvalue weighted by Gasteiger charge is -2.38. The van der Waals surface area contributed by atoms with Crippen LogP contribution in [0.1, 0.15) is 28.8 Å². The molecule has 144 valence electrons. The van der Waals surface area contributed by atoms with Crippen molar-refractivity contribution in [1.29, 1.82) is 0 Å². The van der Waals surface area contributed by atoms with Crippen LogP contribution >= 0.6 is 0 Å². The number of aliphatic hydroxyl groups is 1. The zero-order valence-corrected chi connectivity index (χ0v) is 15.4. The predicted octanol–water partition coefficient (Wildman–Crippen LogP) is 1.10. The second-order valence-electron chi connectivity index (χ2n) is 6.80. The third-order valence-corrected chi connectivity index (χ3v) is 5.07. The molecule has 0 spiro atoms. The fraction of sp³-hybridized carbons (Fsp3) is 0.400. The Morgan fingerprint density at radius 3 is 2.52 bits per heavy atom. The topological polar surface area (TPSA) is 94.7 Å². The number of aromatic amines is 1. The Morgan fingerprint density at radius 1 is 1.22 bits per heavy atom. The molecule has 1 aliphatic rings. The molecule has 2 heterocycles. The molecule has 0 radical (unpaired) electrons. The third-order valence-electron chi connectivity index (χ3n) is 5.07. The van der Waals surface area contributed by atoms with Gasteiger partial charge in [0.15, 0.2) is 0 Å². The van der Waals surface area contributed by atoms with E-state index >= 15 is 0 Å². The van der Waals surface area contributed by atoms with Crippen molar-refractivity contribution in [3.05, 3.63) is 64.1 Å². The summed E-state index contributed by atoms with van der Waals surface area (Å²) in [5.41, 5.74) is 0.294. The maximum Gasteiger partial charge on any atom is 0.252 e. The number of carbonyl (C=O) groups is 1. The van der Waals surface area contributed by atoms with Gasteiger partial charge < -0.3 is 25.0 Å². The van der Waals surface area contributed by atoms with Crippen LogP contribution < -0.4 is 15.6 Å². The first kappa shape index (κ1) is 19.1. The highest BCUT2D eigenvalue weighted by atomic mass is 16.5. The molecule has 1 aromatic carbocycles. The number of benzene rings is 1.